The maximum atomic E-state index is 11.8. The lowest BCUT2D eigenvalue weighted by molar-refractivity contribution is -0.123. The SMILES string of the molecule is O=C(COc1ccccc1)NCCNC(=O)c1ccc(Cl)cc1. The second-order valence-electron chi connectivity index (χ2n) is 4.71. The van der Waals surface area contributed by atoms with E-state index < -0.39 is 0 Å². The third-order valence-electron chi connectivity index (χ3n) is 2.95. The van der Waals surface area contributed by atoms with Gasteiger partial charge in [-0.15, -0.1) is 0 Å². The number of hydrogen-bond acceptors (Lipinski definition) is 3. The minimum atomic E-state index is -0.241. The predicted octanol–water partition coefficient (Wildman–Crippen LogP) is 2.27. The second-order valence-corrected chi connectivity index (χ2v) is 5.15. The minimum absolute atomic E-state index is 0.0604. The highest BCUT2D eigenvalue weighted by Crippen LogP contribution is 2.09. The van der Waals surface area contributed by atoms with Crippen LogP contribution in [0.3, 0.4) is 0 Å². The number of halogens is 1. The molecule has 2 aromatic rings. The molecule has 0 unspecified atom stereocenters. The van der Waals surface area contributed by atoms with Gasteiger partial charge in [-0.25, -0.2) is 0 Å². The molecule has 0 aromatic heterocycles. The van der Waals surface area contributed by atoms with Gasteiger partial charge in [-0.2, -0.15) is 0 Å². The van der Waals surface area contributed by atoms with E-state index in [1.807, 2.05) is 18.2 Å². The van der Waals surface area contributed by atoms with Gasteiger partial charge in [0, 0.05) is 23.7 Å². The lowest BCUT2D eigenvalue weighted by Crippen LogP contribution is -2.36. The van der Waals surface area contributed by atoms with Gasteiger partial charge in [0.2, 0.25) is 0 Å². The first-order valence-corrected chi connectivity index (χ1v) is 7.51. The average Bonchev–Trinajstić information content (AvgIpc) is 2.58. The van der Waals surface area contributed by atoms with E-state index in [1.165, 1.54) is 0 Å². The van der Waals surface area contributed by atoms with Gasteiger partial charge in [0.05, 0.1) is 0 Å². The molecule has 0 saturated carbocycles. The van der Waals surface area contributed by atoms with Crippen LogP contribution in [-0.2, 0) is 4.79 Å². The summed E-state index contributed by atoms with van der Waals surface area (Å²) in [7, 11) is 0. The number of ether oxygens (including phenoxy) is 1. The van der Waals surface area contributed by atoms with Crippen LogP contribution in [0.4, 0.5) is 0 Å². The van der Waals surface area contributed by atoms with Crippen LogP contribution in [0.1, 0.15) is 10.4 Å². The summed E-state index contributed by atoms with van der Waals surface area (Å²) in [6.07, 6.45) is 0. The van der Waals surface area contributed by atoms with Crippen molar-refractivity contribution in [1.82, 2.24) is 10.6 Å². The van der Waals surface area contributed by atoms with Gasteiger partial charge in [0.15, 0.2) is 6.61 Å². The van der Waals surface area contributed by atoms with Gasteiger partial charge in [0.1, 0.15) is 5.75 Å². The molecule has 0 radical (unpaired) electrons. The third-order valence-corrected chi connectivity index (χ3v) is 3.20. The van der Waals surface area contributed by atoms with Gasteiger partial charge in [-0.1, -0.05) is 29.8 Å². The van der Waals surface area contributed by atoms with Crippen molar-refractivity contribution >= 4 is 23.4 Å². The van der Waals surface area contributed by atoms with Crippen LogP contribution in [0.5, 0.6) is 5.75 Å². The van der Waals surface area contributed by atoms with E-state index in [0.29, 0.717) is 29.4 Å². The lowest BCUT2D eigenvalue weighted by Gasteiger charge is -2.08. The largest absolute Gasteiger partial charge is 0.484 e. The van der Waals surface area contributed by atoms with E-state index in [2.05, 4.69) is 10.6 Å². The van der Waals surface area contributed by atoms with Crippen LogP contribution >= 0.6 is 11.6 Å². The maximum absolute atomic E-state index is 11.8. The van der Waals surface area contributed by atoms with Crippen molar-refractivity contribution in [3.8, 4) is 5.75 Å². The van der Waals surface area contributed by atoms with Crippen molar-refractivity contribution in [1.29, 1.82) is 0 Å². The Balaban J connectivity index is 1.62. The molecule has 5 nitrogen and oxygen atoms in total. The van der Waals surface area contributed by atoms with E-state index in [9.17, 15) is 9.59 Å². The number of carbonyl (C=O) groups excluding carboxylic acids is 2. The van der Waals surface area contributed by atoms with Crippen molar-refractivity contribution in [2.24, 2.45) is 0 Å². The van der Waals surface area contributed by atoms with Crippen molar-refractivity contribution < 1.29 is 14.3 Å². The van der Waals surface area contributed by atoms with Gasteiger partial charge in [-0.3, -0.25) is 9.59 Å². The number of amides is 2. The normalized spacial score (nSPS) is 9.96. The van der Waals surface area contributed by atoms with Crippen LogP contribution in [-0.4, -0.2) is 31.5 Å². The molecule has 2 amide bonds. The second kappa shape index (κ2) is 8.80. The summed E-state index contributed by atoms with van der Waals surface area (Å²) >= 11 is 5.76. The zero-order chi connectivity index (χ0) is 16.5. The molecule has 2 N–H and O–H groups in total. The molecule has 2 aromatic carbocycles. The average molecular weight is 333 g/mol. The molecule has 0 saturated heterocycles. The quantitative estimate of drug-likeness (QED) is 0.764. The molecule has 0 aliphatic carbocycles. The summed E-state index contributed by atoms with van der Waals surface area (Å²) in [5, 5.41) is 5.96. The summed E-state index contributed by atoms with van der Waals surface area (Å²) < 4.78 is 5.31. The molecule has 0 aliphatic heterocycles. The molecule has 120 valence electrons. The van der Waals surface area contributed by atoms with Crippen molar-refractivity contribution in [2.45, 2.75) is 0 Å². The van der Waals surface area contributed by atoms with Crippen LogP contribution in [0.2, 0.25) is 5.02 Å². The number of benzene rings is 2. The fourth-order valence-corrected chi connectivity index (χ4v) is 1.92. The summed E-state index contributed by atoms with van der Waals surface area (Å²) in [5.41, 5.74) is 0.521. The Morgan fingerprint density at radius 3 is 2.26 bits per heavy atom. The predicted molar refractivity (Wildman–Crippen MR) is 88.7 cm³/mol. The number of rotatable bonds is 7. The highest BCUT2D eigenvalue weighted by atomic mass is 35.5. The first kappa shape index (κ1) is 16.8. The maximum Gasteiger partial charge on any atom is 0.258 e. The molecule has 0 heterocycles. The van der Waals surface area contributed by atoms with Gasteiger partial charge in [0.25, 0.3) is 11.8 Å². The first-order valence-electron chi connectivity index (χ1n) is 7.13. The van der Waals surface area contributed by atoms with Crippen LogP contribution in [0, 0.1) is 0 Å². The molecule has 0 aliphatic rings. The van der Waals surface area contributed by atoms with E-state index in [0.717, 1.165) is 0 Å². The Bertz CT molecular complexity index is 645. The summed E-state index contributed by atoms with van der Waals surface area (Å²) in [6.45, 7) is 0.601. The zero-order valence-corrected chi connectivity index (χ0v) is 13.2. The Morgan fingerprint density at radius 2 is 1.57 bits per heavy atom. The molecular formula is C17H17ClN2O3. The monoisotopic (exact) mass is 332 g/mol. The van der Waals surface area contributed by atoms with Crippen molar-refractivity contribution in [3.05, 3.63) is 65.2 Å². The Labute approximate surface area is 139 Å². The molecule has 0 bridgehead atoms. The highest BCUT2D eigenvalue weighted by Gasteiger charge is 2.05. The van der Waals surface area contributed by atoms with Crippen LogP contribution in [0.25, 0.3) is 0 Å². The Morgan fingerprint density at radius 1 is 0.913 bits per heavy atom. The molecule has 0 spiro atoms. The standard InChI is InChI=1S/C17H17ClN2O3/c18-14-8-6-13(7-9-14)17(22)20-11-10-19-16(21)12-23-15-4-2-1-3-5-15/h1-9H,10-12H2,(H,19,21)(H,20,22). The van der Waals surface area contributed by atoms with E-state index >= 15 is 0 Å². The van der Waals surface area contributed by atoms with Gasteiger partial charge < -0.3 is 15.4 Å². The number of nitrogens with one attached hydrogen (secondary N) is 2. The summed E-state index contributed by atoms with van der Waals surface area (Å²) in [5.74, 6) is 0.185. The Hall–Kier alpha value is -2.53. The fraction of sp³-hybridized carbons (Fsp3) is 0.176. The molecular weight excluding hydrogens is 316 g/mol. The zero-order valence-electron chi connectivity index (χ0n) is 12.4. The number of para-hydroxylation sites is 1. The highest BCUT2D eigenvalue weighted by molar-refractivity contribution is 6.30. The van der Waals surface area contributed by atoms with Gasteiger partial charge in [-0.05, 0) is 36.4 Å². The molecule has 2 rings (SSSR count). The lowest BCUT2D eigenvalue weighted by atomic mass is 10.2. The first-order chi connectivity index (χ1) is 11.1. The number of hydrogen-bond donors (Lipinski definition) is 2. The molecule has 0 fully saturated rings. The van der Waals surface area contributed by atoms with E-state index in [1.54, 1.807) is 36.4 Å². The van der Waals surface area contributed by atoms with Crippen LogP contribution in [0.15, 0.2) is 54.6 Å². The summed E-state index contributed by atoms with van der Waals surface area (Å²) in [6, 6.07) is 15.7. The number of carbonyl (C=O) groups is 2. The van der Waals surface area contributed by atoms with Crippen molar-refractivity contribution in [2.75, 3.05) is 19.7 Å². The smallest absolute Gasteiger partial charge is 0.258 e. The topological polar surface area (TPSA) is 67.4 Å². The molecule has 6 heteroatoms. The molecule has 0 atom stereocenters. The Kier molecular flexibility index (Phi) is 6.44. The molecule has 23 heavy (non-hydrogen) atoms. The van der Waals surface area contributed by atoms with Crippen molar-refractivity contribution in [3.63, 3.8) is 0 Å². The summed E-state index contributed by atoms with van der Waals surface area (Å²) in [4.78, 5) is 23.4. The van der Waals surface area contributed by atoms with Crippen LogP contribution < -0.4 is 15.4 Å². The van der Waals surface area contributed by atoms with E-state index in [4.69, 9.17) is 16.3 Å². The minimum Gasteiger partial charge on any atom is -0.484 e. The fourth-order valence-electron chi connectivity index (χ4n) is 1.80. The van der Waals surface area contributed by atoms with E-state index in [-0.39, 0.29) is 18.4 Å². The third kappa shape index (κ3) is 6.00. The van der Waals surface area contributed by atoms with Gasteiger partial charge >= 0.3 is 0 Å².